The zero-order valence-electron chi connectivity index (χ0n) is 10.5. The van der Waals surface area contributed by atoms with Crippen LogP contribution in [0.3, 0.4) is 0 Å². The molecule has 1 saturated carbocycles. The van der Waals surface area contributed by atoms with Crippen molar-refractivity contribution in [3.8, 4) is 5.75 Å². The van der Waals surface area contributed by atoms with E-state index in [2.05, 4.69) is 17.6 Å². The highest BCUT2D eigenvalue weighted by atomic mass is 16.5. The van der Waals surface area contributed by atoms with Crippen molar-refractivity contribution in [2.75, 3.05) is 7.11 Å². The second-order valence-corrected chi connectivity index (χ2v) is 4.88. The van der Waals surface area contributed by atoms with E-state index in [1.54, 1.807) is 7.11 Å². The normalized spacial score (nSPS) is 18.2. The first-order chi connectivity index (χ1) is 8.33. The summed E-state index contributed by atoms with van der Waals surface area (Å²) >= 11 is 0. The van der Waals surface area contributed by atoms with Gasteiger partial charge >= 0.3 is 0 Å². The molecule has 1 fully saturated rings. The van der Waals surface area contributed by atoms with Crippen LogP contribution in [0.2, 0.25) is 0 Å². The van der Waals surface area contributed by atoms with Crippen molar-refractivity contribution in [1.82, 2.24) is 5.43 Å². The van der Waals surface area contributed by atoms with Gasteiger partial charge in [0.1, 0.15) is 5.75 Å². The predicted molar refractivity (Wildman–Crippen MR) is 69.6 cm³/mol. The minimum absolute atomic E-state index is 0.268. The van der Waals surface area contributed by atoms with Gasteiger partial charge in [0.15, 0.2) is 0 Å². The number of rotatable bonds is 5. The zero-order chi connectivity index (χ0) is 12.1. The van der Waals surface area contributed by atoms with Crippen molar-refractivity contribution >= 4 is 0 Å². The molecule has 3 N–H and O–H groups in total. The second-order valence-electron chi connectivity index (χ2n) is 4.88. The number of hydrogen-bond donors (Lipinski definition) is 2. The Bertz CT molecular complexity index is 331. The van der Waals surface area contributed by atoms with Crippen LogP contribution >= 0.6 is 0 Å². The number of nitrogens with two attached hydrogens (primary N) is 1. The summed E-state index contributed by atoms with van der Waals surface area (Å²) in [6, 6.07) is 8.45. The maximum absolute atomic E-state index is 5.67. The van der Waals surface area contributed by atoms with Gasteiger partial charge in [0, 0.05) is 6.04 Å². The number of benzene rings is 1. The third-order valence-electron chi connectivity index (χ3n) is 3.76. The van der Waals surface area contributed by atoms with Crippen LogP contribution in [-0.2, 0) is 0 Å². The van der Waals surface area contributed by atoms with Gasteiger partial charge in [-0.1, -0.05) is 37.8 Å². The Kier molecular flexibility index (Phi) is 4.40. The smallest absolute Gasteiger partial charge is 0.118 e. The molecule has 2 rings (SSSR count). The third-order valence-corrected chi connectivity index (χ3v) is 3.76. The van der Waals surface area contributed by atoms with E-state index in [9.17, 15) is 0 Å². The molecule has 17 heavy (non-hydrogen) atoms. The van der Waals surface area contributed by atoms with Gasteiger partial charge in [0.05, 0.1) is 7.11 Å². The summed E-state index contributed by atoms with van der Waals surface area (Å²) in [7, 11) is 1.69. The minimum Gasteiger partial charge on any atom is -0.497 e. The van der Waals surface area contributed by atoms with E-state index >= 15 is 0 Å². The molecule has 3 heteroatoms. The van der Waals surface area contributed by atoms with Crippen LogP contribution in [-0.4, -0.2) is 7.11 Å². The highest BCUT2D eigenvalue weighted by Gasteiger charge is 2.20. The van der Waals surface area contributed by atoms with Gasteiger partial charge in [0.2, 0.25) is 0 Å². The quantitative estimate of drug-likeness (QED) is 0.608. The average molecular weight is 234 g/mol. The molecule has 0 amide bonds. The molecule has 1 aromatic carbocycles. The molecule has 1 unspecified atom stereocenters. The van der Waals surface area contributed by atoms with Crippen molar-refractivity contribution in [3.63, 3.8) is 0 Å². The molecule has 1 atom stereocenters. The van der Waals surface area contributed by atoms with E-state index in [-0.39, 0.29) is 6.04 Å². The first kappa shape index (κ1) is 12.4. The van der Waals surface area contributed by atoms with Gasteiger partial charge in [-0.25, -0.2) is 0 Å². The maximum Gasteiger partial charge on any atom is 0.118 e. The van der Waals surface area contributed by atoms with Crippen LogP contribution in [0, 0.1) is 5.92 Å². The van der Waals surface area contributed by atoms with E-state index in [0.717, 1.165) is 18.1 Å². The lowest BCUT2D eigenvalue weighted by Crippen LogP contribution is -2.29. The maximum atomic E-state index is 5.67. The standard InChI is InChI=1S/C14H22N2O/c1-17-13-8-6-12(7-9-13)14(16-15)10-11-4-2-3-5-11/h6-9,11,14,16H,2-5,10,15H2,1H3. The molecule has 0 radical (unpaired) electrons. The van der Waals surface area contributed by atoms with Gasteiger partial charge in [0.25, 0.3) is 0 Å². The van der Waals surface area contributed by atoms with E-state index in [1.165, 1.54) is 31.2 Å². The Morgan fingerprint density at radius 2 is 1.94 bits per heavy atom. The van der Waals surface area contributed by atoms with Crippen molar-refractivity contribution in [2.45, 2.75) is 38.1 Å². The first-order valence-corrected chi connectivity index (χ1v) is 6.43. The summed E-state index contributed by atoms with van der Waals surface area (Å²) in [5.41, 5.74) is 4.19. The number of ether oxygens (including phenoxy) is 1. The van der Waals surface area contributed by atoms with E-state index in [1.807, 2.05) is 12.1 Å². The molecule has 1 aliphatic rings. The molecular weight excluding hydrogens is 212 g/mol. The van der Waals surface area contributed by atoms with Crippen LogP contribution in [0.4, 0.5) is 0 Å². The molecule has 0 bridgehead atoms. The Balaban J connectivity index is 2.00. The topological polar surface area (TPSA) is 47.3 Å². The number of hydrogen-bond acceptors (Lipinski definition) is 3. The molecule has 0 aliphatic heterocycles. The molecule has 3 nitrogen and oxygen atoms in total. The predicted octanol–water partition coefficient (Wildman–Crippen LogP) is 2.78. The van der Waals surface area contributed by atoms with Crippen LogP contribution in [0.15, 0.2) is 24.3 Å². The van der Waals surface area contributed by atoms with Gasteiger partial charge in [-0.3, -0.25) is 11.3 Å². The zero-order valence-corrected chi connectivity index (χ0v) is 10.5. The SMILES string of the molecule is COc1ccc(C(CC2CCCC2)NN)cc1. The Morgan fingerprint density at radius 3 is 2.47 bits per heavy atom. The van der Waals surface area contributed by atoms with Crippen molar-refractivity contribution in [3.05, 3.63) is 29.8 Å². The van der Waals surface area contributed by atoms with Gasteiger partial charge < -0.3 is 4.74 Å². The number of methoxy groups -OCH3 is 1. The minimum atomic E-state index is 0.268. The Labute approximate surface area is 103 Å². The van der Waals surface area contributed by atoms with Crippen molar-refractivity contribution in [2.24, 2.45) is 11.8 Å². The van der Waals surface area contributed by atoms with Crippen LogP contribution in [0.5, 0.6) is 5.75 Å². The number of nitrogens with one attached hydrogen (secondary N) is 1. The van der Waals surface area contributed by atoms with Crippen LogP contribution in [0.25, 0.3) is 0 Å². The first-order valence-electron chi connectivity index (χ1n) is 6.43. The molecule has 0 heterocycles. The summed E-state index contributed by atoms with van der Waals surface area (Å²) in [4.78, 5) is 0. The van der Waals surface area contributed by atoms with Crippen molar-refractivity contribution < 1.29 is 4.74 Å². The second kappa shape index (κ2) is 6.03. The number of hydrazine groups is 1. The fraction of sp³-hybridized carbons (Fsp3) is 0.571. The van der Waals surface area contributed by atoms with Gasteiger partial charge in [-0.2, -0.15) is 0 Å². The molecule has 0 spiro atoms. The molecule has 94 valence electrons. The fourth-order valence-corrected chi connectivity index (χ4v) is 2.72. The summed E-state index contributed by atoms with van der Waals surface area (Å²) in [5.74, 6) is 7.40. The molecular formula is C14H22N2O. The van der Waals surface area contributed by atoms with Crippen LogP contribution in [0.1, 0.15) is 43.7 Å². The van der Waals surface area contributed by atoms with E-state index in [4.69, 9.17) is 10.6 Å². The third kappa shape index (κ3) is 3.20. The summed E-state index contributed by atoms with van der Waals surface area (Å²) in [6.07, 6.45) is 6.61. The lowest BCUT2D eigenvalue weighted by molar-refractivity contribution is 0.397. The molecule has 0 aromatic heterocycles. The Morgan fingerprint density at radius 1 is 1.29 bits per heavy atom. The van der Waals surface area contributed by atoms with E-state index < -0.39 is 0 Å². The highest BCUT2D eigenvalue weighted by Crippen LogP contribution is 2.33. The van der Waals surface area contributed by atoms with Gasteiger partial charge in [-0.05, 0) is 30.0 Å². The average Bonchev–Trinajstić information content (AvgIpc) is 2.89. The monoisotopic (exact) mass is 234 g/mol. The van der Waals surface area contributed by atoms with Crippen LogP contribution < -0.4 is 16.0 Å². The lowest BCUT2D eigenvalue weighted by atomic mass is 9.94. The Hall–Kier alpha value is -1.06. The van der Waals surface area contributed by atoms with Gasteiger partial charge in [-0.15, -0.1) is 0 Å². The molecule has 1 aromatic rings. The lowest BCUT2D eigenvalue weighted by Gasteiger charge is -2.20. The van der Waals surface area contributed by atoms with E-state index in [0.29, 0.717) is 0 Å². The highest BCUT2D eigenvalue weighted by molar-refractivity contribution is 5.29. The molecule has 0 saturated heterocycles. The largest absolute Gasteiger partial charge is 0.497 e. The summed E-state index contributed by atoms with van der Waals surface area (Å²) < 4.78 is 5.16. The fourth-order valence-electron chi connectivity index (χ4n) is 2.72. The molecule has 1 aliphatic carbocycles. The van der Waals surface area contributed by atoms with Crippen molar-refractivity contribution in [1.29, 1.82) is 0 Å². The summed E-state index contributed by atoms with van der Waals surface area (Å²) in [5, 5.41) is 0. The summed E-state index contributed by atoms with van der Waals surface area (Å²) in [6.45, 7) is 0.